The number of urea groups is 1. The molecule has 5 amide bonds. The number of nitrogens with zero attached hydrogens (tertiary/aromatic N) is 2. The van der Waals surface area contributed by atoms with Gasteiger partial charge in [0.1, 0.15) is 17.2 Å². The number of imide groups is 1. The number of phenols is 1. The molecule has 1 saturated heterocycles. The topological polar surface area (TPSA) is 155 Å². The van der Waals surface area contributed by atoms with Crippen LogP contribution in [0.25, 0.3) is 0 Å². The van der Waals surface area contributed by atoms with E-state index < -0.39 is 41.4 Å². The van der Waals surface area contributed by atoms with Crippen LogP contribution < -0.4 is 15.4 Å². The maximum Gasteiger partial charge on any atom is 0.335 e. The van der Waals surface area contributed by atoms with Gasteiger partial charge in [-0.1, -0.05) is 145 Å². The van der Waals surface area contributed by atoms with Crippen molar-refractivity contribution in [2.75, 3.05) is 17.7 Å². The predicted octanol–water partition coefficient (Wildman–Crippen LogP) is 11.4. The molecule has 4 aromatic carbocycles. The first-order valence-electron chi connectivity index (χ1n) is 23.2. The fraction of sp³-hybridized carbons (Fsp3) is 0.415. The van der Waals surface area contributed by atoms with Crippen molar-refractivity contribution in [3.63, 3.8) is 0 Å². The molecule has 2 unspecified atom stereocenters. The van der Waals surface area contributed by atoms with Crippen LogP contribution in [0.4, 0.5) is 16.2 Å². The lowest BCUT2D eigenvalue weighted by Crippen LogP contribution is -2.65. The molecule has 1 fully saturated rings. The second-order valence-electron chi connectivity index (χ2n) is 16.9. The van der Waals surface area contributed by atoms with Crippen LogP contribution in [-0.4, -0.2) is 63.4 Å². The number of hydrogen-bond acceptors (Lipinski definition) is 8. The number of aromatic hydroxyl groups is 1. The van der Waals surface area contributed by atoms with Gasteiger partial charge in [-0.05, 0) is 92.6 Å². The number of carbonyl (C=O) groups excluding carboxylic acids is 5. The number of anilines is 2. The number of methoxy groups -OCH3 is 1. The standard InChI is InChI=1S/C53H66N4O8/c1-6-8-10-11-12-13-14-15-16-23-32-46(65-44-33-34-45(58)41(35-44)27-9-7-2)49(60)54-42-30-24-31-43(36-42)55-51(62)53(64-5,48(59)40-28-21-18-22-29-40)57-50(61)47(38(3)4)56(52(57)63)37-39-25-19-17-20-26-39/h17-22,24-26,28-31,33-36,46,58H,6-16,23,27,32,37H2,1-5H3,(H,54,60)(H,55,62). The highest BCUT2D eigenvalue weighted by Crippen LogP contribution is 2.36. The molecule has 0 aliphatic carbocycles. The summed E-state index contributed by atoms with van der Waals surface area (Å²) in [7, 11) is 1.11. The predicted molar refractivity (Wildman–Crippen MR) is 254 cm³/mol. The molecule has 346 valence electrons. The number of Topliss-reactive ketones (excluding diaryl/α,β-unsaturated/α-hetero) is 1. The summed E-state index contributed by atoms with van der Waals surface area (Å²) >= 11 is 0. The zero-order valence-electron chi connectivity index (χ0n) is 38.7. The minimum atomic E-state index is -2.78. The van der Waals surface area contributed by atoms with E-state index in [1.165, 1.54) is 61.6 Å². The summed E-state index contributed by atoms with van der Waals surface area (Å²) in [6.07, 6.45) is 13.5. The number of allylic oxidation sites excluding steroid dienone is 1. The number of benzene rings is 4. The van der Waals surface area contributed by atoms with Gasteiger partial charge in [0.05, 0.1) is 6.54 Å². The van der Waals surface area contributed by atoms with E-state index in [4.69, 9.17) is 9.47 Å². The number of amides is 5. The molecule has 2 atom stereocenters. The number of rotatable bonds is 26. The lowest BCUT2D eigenvalue weighted by molar-refractivity contribution is -0.156. The highest BCUT2D eigenvalue weighted by atomic mass is 16.5. The maximum atomic E-state index is 14.8. The van der Waals surface area contributed by atoms with Gasteiger partial charge in [0.2, 0.25) is 5.78 Å². The van der Waals surface area contributed by atoms with Gasteiger partial charge in [0.15, 0.2) is 6.10 Å². The number of ketones is 1. The number of nitrogens with one attached hydrogen (secondary N) is 2. The SMILES string of the molecule is CCCCCCCCCCCCC(Oc1ccc(O)c(CCCC)c1)C(=O)Nc1cccc(NC(=O)C(OC)(C(=O)c2ccccc2)N2C(=O)C(=C(C)C)N(Cc3ccccc3)C2=O)c1. The van der Waals surface area contributed by atoms with Crippen molar-refractivity contribution < 1.29 is 38.6 Å². The van der Waals surface area contributed by atoms with E-state index >= 15 is 0 Å². The van der Waals surface area contributed by atoms with Crippen LogP contribution in [0, 0.1) is 0 Å². The van der Waals surface area contributed by atoms with Gasteiger partial charge in [0, 0.05) is 24.0 Å². The third-order valence-electron chi connectivity index (χ3n) is 11.6. The Morgan fingerprint density at radius 2 is 1.31 bits per heavy atom. The Balaban J connectivity index is 1.39. The molecule has 5 rings (SSSR count). The third-order valence-corrected chi connectivity index (χ3v) is 11.6. The van der Waals surface area contributed by atoms with Crippen molar-refractivity contribution in [3.05, 3.63) is 131 Å². The molecule has 0 bridgehead atoms. The molecule has 1 heterocycles. The summed E-state index contributed by atoms with van der Waals surface area (Å²) in [5.41, 5.74) is -0.263. The summed E-state index contributed by atoms with van der Waals surface area (Å²) in [6.45, 7) is 7.66. The average Bonchev–Trinajstić information content (AvgIpc) is 3.55. The van der Waals surface area contributed by atoms with Crippen molar-refractivity contribution in [2.45, 2.75) is 136 Å². The van der Waals surface area contributed by atoms with Crippen LogP contribution in [0.2, 0.25) is 0 Å². The Labute approximate surface area is 384 Å². The van der Waals surface area contributed by atoms with Crippen LogP contribution in [0.1, 0.15) is 133 Å². The minimum absolute atomic E-state index is 0.00176. The van der Waals surface area contributed by atoms with Gasteiger partial charge in [-0.25, -0.2) is 9.69 Å². The summed E-state index contributed by atoms with van der Waals surface area (Å²) in [4.78, 5) is 74.2. The fourth-order valence-corrected chi connectivity index (χ4v) is 8.11. The second kappa shape index (κ2) is 24.7. The van der Waals surface area contributed by atoms with Gasteiger partial charge in [-0.3, -0.25) is 24.1 Å². The summed E-state index contributed by atoms with van der Waals surface area (Å²) < 4.78 is 12.2. The van der Waals surface area contributed by atoms with E-state index in [1.54, 1.807) is 68.4 Å². The Morgan fingerprint density at radius 3 is 1.92 bits per heavy atom. The first-order chi connectivity index (χ1) is 31.4. The first-order valence-corrected chi connectivity index (χ1v) is 23.2. The van der Waals surface area contributed by atoms with Crippen molar-refractivity contribution in [2.24, 2.45) is 0 Å². The molecule has 3 N–H and O–H groups in total. The monoisotopic (exact) mass is 886 g/mol. The second-order valence-corrected chi connectivity index (χ2v) is 16.9. The molecule has 1 aliphatic heterocycles. The maximum absolute atomic E-state index is 14.8. The molecule has 1 aliphatic rings. The highest BCUT2D eigenvalue weighted by molar-refractivity contribution is 6.26. The van der Waals surface area contributed by atoms with E-state index in [0.29, 0.717) is 34.8 Å². The van der Waals surface area contributed by atoms with E-state index in [2.05, 4.69) is 24.5 Å². The van der Waals surface area contributed by atoms with Crippen LogP contribution in [0.5, 0.6) is 11.5 Å². The summed E-state index contributed by atoms with van der Waals surface area (Å²) in [6, 6.07) is 27.4. The van der Waals surface area contributed by atoms with Gasteiger partial charge in [0.25, 0.3) is 23.4 Å². The van der Waals surface area contributed by atoms with Crippen molar-refractivity contribution in [1.29, 1.82) is 0 Å². The minimum Gasteiger partial charge on any atom is -0.508 e. The molecule has 0 radical (unpaired) electrons. The number of unbranched alkanes of at least 4 members (excludes halogenated alkanes) is 10. The van der Waals surface area contributed by atoms with E-state index in [1.807, 2.05) is 30.3 Å². The molecule has 12 heteroatoms. The van der Waals surface area contributed by atoms with Crippen LogP contribution in [0.3, 0.4) is 0 Å². The average molecular weight is 887 g/mol. The number of ether oxygens (including phenoxy) is 2. The lowest BCUT2D eigenvalue weighted by atomic mass is 9.97. The van der Waals surface area contributed by atoms with Gasteiger partial charge >= 0.3 is 6.03 Å². The van der Waals surface area contributed by atoms with Crippen LogP contribution in [-0.2, 0) is 32.1 Å². The Kier molecular flexibility index (Phi) is 18.9. The molecule has 12 nitrogen and oxygen atoms in total. The molecular weight excluding hydrogens is 821 g/mol. The normalized spacial score (nSPS) is 14.0. The summed E-state index contributed by atoms with van der Waals surface area (Å²) in [5.74, 6) is -2.64. The zero-order valence-corrected chi connectivity index (χ0v) is 38.7. The number of aryl methyl sites for hydroxylation is 1. The number of hydrogen-bond donors (Lipinski definition) is 3. The largest absolute Gasteiger partial charge is 0.508 e. The van der Waals surface area contributed by atoms with Crippen LogP contribution in [0.15, 0.2) is 114 Å². The first kappa shape index (κ1) is 49.7. The molecule has 0 aromatic heterocycles. The zero-order chi connectivity index (χ0) is 46.8. The molecule has 65 heavy (non-hydrogen) atoms. The Bertz CT molecular complexity index is 2260. The van der Waals surface area contributed by atoms with Crippen LogP contribution >= 0.6 is 0 Å². The number of phenolic OH excluding ortho intramolecular Hbond substituents is 1. The summed E-state index contributed by atoms with van der Waals surface area (Å²) in [5, 5.41) is 16.2. The van der Waals surface area contributed by atoms with E-state index in [9.17, 15) is 29.1 Å². The van der Waals surface area contributed by atoms with E-state index in [0.717, 1.165) is 56.8 Å². The fourth-order valence-electron chi connectivity index (χ4n) is 8.11. The molecule has 0 saturated carbocycles. The third kappa shape index (κ3) is 12.9. The van der Waals surface area contributed by atoms with Gasteiger partial charge in [-0.15, -0.1) is 0 Å². The Morgan fingerprint density at radius 1 is 0.708 bits per heavy atom. The van der Waals surface area contributed by atoms with Gasteiger partial charge < -0.3 is 25.2 Å². The number of carbonyl (C=O) groups is 5. The quantitative estimate of drug-likeness (QED) is 0.0185. The highest BCUT2D eigenvalue weighted by Gasteiger charge is 2.62. The van der Waals surface area contributed by atoms with Crippen molar-refractivity contribution >= 4 is 40.9 Å². The Hall–Kier alpha value is -6.27. The molecule has 0 spiro atoms. The smallest absolute Gasteiger partial charge is 0.335 e. The lowest BCUT2D eigenvalue weighted by Gasteiger charge is -2.35. The van der Waals surface area contributed by atoms with E-state index in [-0.39, 0.29) is 29.2 Å². The molecular formula is C53H66N4O8. The van der Waals surface area contributed by atoms with Crippen molar-refractivity contribution in [3.8, 4) is 11.5 Å². The van der Waals surface area contributed by atoms with Crippen molar-refractivity contribution in [1.82, 2.24) is 9.80 Å². The molecule has 4 aromatic rings. The van der Waals surface area contributed by atoms with Gasteiger partial charge in [-0.2, -0.15) is 0 Å².